The average Bonchev–Trinajstić information content (AvgIpc) is 3.64. The fraction of sp³-hybridized carbons (Fsp3) is 0.231. The third-order valence-corrected chi connectivity index (χ3v) is 7.54. The Hall–Kier alpha value is -3.89. The van der Waals surface area contributed by atoms with Gasteiger partial charge < -0.3 is 19.2 Å². The first-order chi connectivity index (χ1) is 17.6. The topological polar surface area (TPSA) is 79.3 Å². The van der Waals surface area contributed by atoms with Crippen molar-refractivity contribution in [1.29, 1.82) is 0 Å². The van der Waals surface area contributed by atoms with Crippen LogP contribution in [0.25, 0.3) is 16.5 Å². The lowest BCUT2D eigenvalue weighted by atomic mass is 10.0. The van der Waals surface area contributed by atoms with E-state index < -0.39 is 0 Å². The van der Waals surface area contributed by atoms with Crippen molar-refractivity contribution in [3.8, 4) is 23.2 Å². The molecular weight excluding hydrogens is 481 g/mol. The van der Waals surface area contributed by atoms with E-state index in [1.807, 2.05) is 36.4 Å². The molecule has 0 amide bonds. The molecule has 8 nitrogen and oxygen atoms in total. The van der Waals surface area contributed by atoms with E-state index in [4.69, 9.17) is 9.15 Å². The standard InChI is InChI=1S/C26H24FN5O3S/c1-34-18-7-4-6-17(16-18)22(31-13-11-30(12-14-31)20-9-3-2-8-19(20)27)23-25(33)32-26(36-23)28-24(29-32)21-10-5-15-35-21/h2-10,15-16,22,33H,11-14H2,1H3/t22-/m1/s1. The van der Waals surface area contributed by atoms with Gasteiger partial charge >= 0.3 is 0 Å². The summed E-state index contributed by atoms with van der Waals surface area (Å²) in [5, 5.41) is 15.7. The Labute approximate surface area is 210 Å². The van der Waals surface area contributed by atoms with Gasteiger partial charge in [0.2, 0.25) is 16.7 Å². The number of aromatic hydroxyl groups is 1. The second kappa shape index (κ2) is 9.29. The number of halogens is 1. The first-order valence-electron chi connectivity index (χ1n) is 11.6. The van der Waals surface area contributed by atoms with Crippen LogP contribution in [0.5, 0.6) is 11.6 Å². The van der Waals surface area contributed by atoms with E-state index in [0.717, 1.165) is 16.2 Å². The van der Waals surface area contributed by atoms with Crippen molar-refractivity contribution in [2.45, 2.75) is 6.04 Å². The molecule has 36 heavy (non-hydrogen) atoms. The van der Waals surface area contributed by atoms with Crippen LogP contribution in [0.15, 0.2) is 71.3 Å². The van der Waals surface area contributed by atoms with Gasteiger partial charge in [-0.3, -0.25) is 4.90 Å². The van der Waals surface area contributed by atoms with Crippen LogP contribution in [-0.2, 0) is 0 Å². The zero-order valence-electron chi connectivity index (χ0n) is 19.5. The van der Waals surface area contributed by atoms with Crippen LogP contribution in [0.2, 0.25) is 0 Å². The molecule has 4 heterocycles. The van der Waals surface area contributed by atoms with Gasteiger partial charge in [0.25, 0.3) is 0 Å². The highest BCUT2D eigenvalue weighted by Gasteiger charge is 2.32. The van der Waals surface area contributed by atoms with Gasteiger partial charge in [-0.05, 0) is 42.0 Å². The Morgan fingerprint density at radius 3 is 2.61 bits per heavy atom. The van der Waals surface area contributed by atoms with Gasteiger partial charge in [-0.15, -0.1) is 5.10 Å². The molecule has 1 fully saturated rings. The molecule has 3 aromatic heterocycles. The second-order valence-corrected chi connectivity index (χ2v) is 9.56. The van der Waals surface area contributed by atoms with Crippen molar-refractivity contribution in [2.24, 2.45) is 0 Å². The summed E-state index contributed by atoms with van der Waals surface area (Å²) in [6.07, 6.45) is 1.56. The Morgan fingerprint density at radius 1 is 1.06 bits per heavy atom. The zero-order chi connectivity index (χ0) is 24.6. The molecule has 1 aliphatic heterocycles. The number of hydrogen-bond donors (Lipinski definition) is 1. The molecule has 1 atom stereocenters. The minimum Gasteiger partial charge on any atom is -0.497 e. The van der Waals surface area contributed by atoms with Crippen LogP contribution in [0.4, 0.5) is 10.1 Å². The Morgan fingerprint density at radius 2 is 1.89 bits per heavy atom. The summed E-state index contributed by atoms with van der Waals surface area (Å²) >= 11 is 1.39. The largest absolute Gasteiger partial charge is 0.497 e. The lowest BCUT2D eigenvalue weighted by Crippen LogP contribution is -2.48. The first-order valence-corrected chi connectivity index (χ1v) is 12.4. The average molecular weight is 506 g/mol. The van der Waals surface area contributed by atoms with E-state index in [1.54, 1.807) is 31.6 Å². The van der Waals surface area contributed by atoms with Crippen molar-refractivity contribution < 1.29 is 18.7 Å². The van der Waals surface area contributed by atoms with Crippen LogP contribution in [0.1, 0.15) is 16.5 Å². The second-order valence-electron chi connectivity index (χ2n) is 8.55. The molecule has 1 saturated heterocycles. The Bertz CT molecular complexity index is 1490. The van der Waals surface area contributed by atoms with Crippen LogP contribution < -0.4 is 9.64 Å². The molecule has 2 aromatic carbocycles. The zero-order valence-corrected chi connectivity index (χ0v) is 20.4. The molecule has 1 N–H and O–H groups in total. The minimum absolute atomic E-state index is 0.0460. The SMILES string of the molecule is COc1cccc([C@H](c2sc3nc(-c4ccco4)nn3c2O)N2CCN(c3ccccc3F)CC2)c1. The van der Waals surface area contributed by atoms with Crippen molar-refractivity contribution in [2.75, 3.05) is 38.2 Å². The number of methoxy groups -OCH3 is 1. The Balaban J connectivity index is 1.35. The van der Waals surface area contributed by atoms with Crippen molar-refractivity contribution in [1.82, 2.24) is 19.5 Å². The number of hydrogen-bond acceptors (Lipinski definition) is 8. The van der Waals surface area contributed by atoms with Gasteiger partial charge in [0.1, 0.15) is 11.6 Å². The molecule has 0 aliphatic carbocycles. The van der Waals surface area contributed by atoms with E-state index in [0.29, 0.717) is 48.4 Å². The summed E-state index contributed by atoms with van der Waals surface area (Å²) in [6, 6.07) is 18.0. The highest BCUT2D eigenvalue weighted by atomic mass is 32.1. The molecule has 1 aliphatic rings. The highest BCUT2D eigenvalue weighted by Crippen LogP contribution is 2.41. The maximum atomic E-state index is 14.4. The van der Waals surface area contributed by atoms with E-state index >= 15 is 0 Å². The van der Waals surface area contributed by atoms with E-state index in [9.17, 15) is 9.50 Å². The number of piperazine rings is 1. The van der Waals surface area contributed by atoms with Crippen LogP contribution in [0, 0.1) is 5.82 Å². The number of benzene rings is 2. The number of rotatable bonds is 6. The molecule has 0 spiro atoms. The fourth-order valence-corrected chi connectivity index (χ4v) is 5.82. The molecule has 10 heteroatoms. The van der Waals surface area contributed by atoms with E-state index in [1.165, 1.54) is 21.9 Å². The quantitative estimate of drug-likeness (QED) is 0.355. The van der Waals surface area contributed by atoms with Gasteiger partial charge in [0.15, 0.2) is 5.76 Å². The Kier molecular flexibility index (Phi) is 5.82. The number of furan rings is 1. The normalized spacial score (nSPS) is 15.4. The molecule has 0 saturated carbocycles. The lowest BCUT2D eigenvalue weighted by molar-refractivity contribution is 0.210. The van der Waals surface area contributed by atoms with Gasteiger partial charge in [-0.1, -0.05) is 35.6 Å². The number of nitrogens with zero attached hydrogens (tertiary/aromatic N) is 5. The van der Waals surface area contributed by atoms with Gasteiger partial charge in [-0.2, -0.15) is 9.50 Å². The molecule has 6 rings (SSSR count). The molecule has 0 bridgehead atoms. The fourth-order valence-electron chi connectivity index (χ4n) is 4.71. The number of fused-ring (bicyclic) bond motifs is 1. The number of aromatic nitrogens is 3. The number of thiazole rings is 1. The molecule has 0 radical (unpaired) electrons. The monoisotopic (exact) mass is 505 g/mol. The number of para-hydroxylation sites is 1. The third kappa shape index (κ3) is 3.98. The van der Waals surface area contributed by atoms with Gasteiger partial charge in [0, 0.05) is 26.2 Å². The van der Waals surface area contributed by atoms with Gasteiger partial charge in [-0.25, -0.2) is 4.39 Å². The third-order valence-electron chi connectivity index (χ3n) is 6.47. The summed E-state index contributed by atoms with van der Waals surface area (Å²) in [5.41, 5.74) is 1.60. The molecule has 0 unspecified atom stereocenters. The molecular formula is C26H24FN5O3S. The first kappa shape index (κ1) is 22.6. The van der Waals surface area contributed by atoms with Crippen LogP contribution in [-0.4, -0.2) is 57.9 Å². The predicted molar refractivity (Wildman–Crippen MR) is 135 cm³/mol. The number of ether oxygens (including phenoxy) is 1. The van der Waals surface area contributed by atoms with Crippen LogP contribution >= 0.6 is 11.3 Å². The van der Waals surface area contributed by atoms with Crippen molar-refractivity contribution >= 4 is 22.0 Å². The summed E-state index contributed by atoms with van der Waals surface area (Å²) in [7, 11) is 1.64. The van der Waals surface area contributed by atoms with E-state index in [-0.39, 0.29) is 17.7 Å². The highest BCUT2D eigenvalue weighted by molar-refractivity contribution is 7.17. The van der Waals surface area contributed by atoms with Crippen LogP contribution in [0.3, 0.4) is 0 Å². The summed E-state index contributed by atoms with van der Waals surface area (Å²) in [4.78, 5) is 10.3. The summed E-state index contributed by atoms with van der Waals surface area (Å²) < 4.78 is 26.7. The lowest BCUT2D eigenvalue weighted by Gasteiger charge is -2.40. The van der Waals surface area contributed by atoms with Crippen molar-refractivity contribution in [3.63, 3.8) is 0 Å². The smallest absolute Gasteiger partial charge is 0.230 e. The maximum Gasteiger partial charge on any atom is 0.230 e. The van der Waals surface area contributed by atoms with E-state index in [2.05, 4.69) is 19.9 Å². The van der Waals surface area contributed by atoms with Gasteiger partial charge in [0.05, 0.1) is 30.0 Å². The maximum absolute atomic E-state index is 14.4. The molecule has 5 aromatic rings. The summed E-state index contributed by atoms with van der Waals surface area (Å²) in [6.45, 7) is 2.68. The predicted octanol–water partition coefficient (Wildman–Crippen LogP) is 4.82. The summed E-state index contributed by atoms with van der Waals surface area (Å²) in [5.74, 6) is 1.53. The van der Waals surface area contributed by atoms with Crippen molar-refractivity contribution in [3.05, 3.63) is 83.2 Å². The number of anilines is 1. The minimum atomic E-state index is -0.247. The molecule has 184 valence electrons.